The maximum absolute atomic E-state index is 12.1. The first kappa shape index (κ1) is 8.79. The van der Waals surface area contributed by atoms with E-state index in [0.29, 0.717) is 5.69 Å². The van der Waals surface area contributed by atoms with Gasteiger partial charge >= 0.3 is 0 Å². The van der Waals surface area contributed by atoms with E-state index >= 15 is 0 Å². The summed E-state index contributed by atoms with van der Waals surface area (Å²) in [6.45, 7) is 3.59. The first-order valence-electron chi connectivity index (χ1n) is 3.83. The van der Waals surface area contributed by atoms with Gasteiger partial charge in [0.1, 0.15) is 18.4 Å². The zero-order chi connectivity index (χ0) is 9.14. The van der Waals surface area contributed by atoms with Gasteiger partial charge in [0.05, 0.1) is 6.54 Å². The highest BCUT2D eigenvalue weighted by Gasteiger charge is 2.07. The van der Waals surface area contributed by atoms with Crippen LogP contribution in [0.4, 0.5) is 4.39 Å². The molecule has 0 unspecified atom stereocenters. The van der Waals surface area contributed by atoms with E-state index in [9.17, 15) is 4.39 Å². The van der Waals surface area contributed by atoms with E-state index in [2.05, 4.69) is 6.07 Å². The summed E-state index contributed by atoms with van der Waals surface area (Å²) in [5, 5.41) is 8.75. The van der Waals surface area contributed by atoms with Crippen molar-refractivity contribution in [3.8, 4) is 6.07 Å². The molecule has 0 aliphatic heterocycles. The Labute approximate surface area is 71.2 Å². The van der Waals surface area contributed by atoms with E-state index in [-0.39, 0.29) is 6.54 Å². The minimum absolute atomic E-state index is 0.280. The molecule has 0 amide bonds. The number of aryl methyl sites for hydroxylation is 2. The number of nitriles is 1. The highest BCUT2D eigenvalue weighted by molar-refractivity contribution is 5.35. The van der Waals surface area contributed by atoms with Crippen LogP contribution in [0, 0.1) is 25.2 Å². The molecule has 0 fully saturated rings. The Morgan fingerprint density at radius 2 is 2.25 bits per heavy atom. The van der Waals surface area contributed by atoms with Crippen LogP contribution >= 0.6 is 0 Å². The minimum Gasteiger partial charge on any atom is -0.334 e. The average molecular weight is 166 g/mol. The fourth-order valence-corrected chi connectivity index (χ4v) is 1.37. The van der Waals surface area contributed by atoms with Gasteiger partial charge in [-0.05, 0) is 25.5 Å². The highest BCUT2D eigenvalue weighted by Crippen LogP contribution is 2.13. The largest absolute Gasteiger partial charge is 0.334 e. The van der Waals surface area contributed by atoms with Crippen LogP contribution in [0.1, 0.15) is 17.0 Å². The molecule has 1 heterocycles. The molecule has 0 saturated heterocycles. The van der Waals surface area contributed by atoms with E-state index in [4.69, 9.17) is 5.26 Å². The molecule has 0 atom stereocenters. The molecule has 0 spiro atoms. The first-order valence-corrected chi connectivity index (χ1v) is 3.83. The lowest BCUT2D eigenvalue weighted by molar-refractivity contribution is 0.441. The smallest absolute Gasteiger partial charge is 0.123 e. The van der Waals surface area contributed by atoms with Gasteiger partial charge in [-0.25, -0.2) is 4.39 Å². The molecule has 1 aromatic rings. The van der Waals surface area contributed by atoms with Gasteiger partial charge in [0.25, 0.3) is 0 Å². The molecule has 3 heteroatoms. The molecular formula is C9H11FN2. The van der Waals surface area contributed by atoms with E-state index in [0.717, 1.165) is 11.3 Å². The monoisotopic (exact) mass is 166 g/mol. The first-order chi connectivity index (χ1) is 5.70. The molecule has 1 rings (SSSR count). The van der Waals surface area contributed by atoms with Gasteiger partial charge in [-0.15, -0.1) is 0 Å². The predicted octanol–water partition coefficient (Wildman–Crippen LogP) is 1.95. The SMILES string of the molecule is Cc1cc(C)n(CCF)c1C#N. The summed E-state index contributed by atoms with van der Waals surface area (Å²) in [7, 11) is 0. The third-order valence-electron chi connectivity index (χ3n) is 1.91. The number of hydrogen-bond acceptors (Lipinski definition) is 1. The van der Waals surface area contributed by atoms with E-state index in [1.165, 1.54) is 0 Å². The van der Waals surface area contributed by atoms with E-state index < -0.39 is 6.67 Å². The molecule has 2 nitrogen and oxygen atoms in total. The third-order valence-corrected chi connectivity index (χ3v) is 1.91. The normalized spacial score (nSPS) is 9.83. The Bertz CT molecular complexity index is 320. The second-order valence-corrected chi connectivity index (χ2v) is 2.77. The summed E-state index contributed by atoms with van der Waals surface area (Å²) in [5.74, 6) is 0. The Kier molecular flexibility index (Phi) is 2.49. The van der Waals surface area contributed by atoms with Gasteiger partial charge in [0.15, 0.2) is 0 Å². The molecule has 0 bridgehead atoms. The van der Waals surface area contributed by atoms with Crippen LogP contribution in [-0.4, -0.2) is 11.2 Å². The Balaban J connectivity index is 3.16. The fraction of sp³-hybridized carbons (Fsp3) is 0.444. The van der Waals surface area contributed by atoms with Gasteiger partial charge in [-0.2, -0.15) is 5.26 Å². The van der Waals surface area contributed by atoms with E-state index in [1.807, 2.05) is 19.9 Å². The van der Waals surface area contributed by atoms with Crippen molar-refractivity contribution >= 4 is 0 Å². The molecule has 0 aliphatic rings. The van der Waals surface area contributed by atoms with Crippen LogP contribution in [0.15, 0.2) is 6.07 Å². The number of rotatable bonds is 2. The second kappa shape index (κ2) is 3.40. The van der Waals surface area contributed by atoms with Gasteiger partial charge in [-0.1, -0.05) is 0 Å². The predicted molar refractivity (Wildman–Crippen MR) is 44.6 cm³/mol. The summed E-state index contributed by atoms with van der Waals surface area (Å²) in [6, 6.07) is 3.96. The quantitative estimate of drug-likeness (QED) is 0.660. The van der Waals surface area contributed by atoms with Crippen molar-refractivity contribution in [2.75, 3.05) is 6.67 Å². The molecule has 0 saturated carbocycles. The summed E-state index contributed by atoms with van der Waals surface area (Å²) in [4.78, 5) is 0. The number of alkyl halides is 1. The lowest BCUT2D eigenvalue weighted by Gasteiger charge is -2.03. The maximum atomic E-state index is 12.1. The minimum atomic E-state index is -0.427. The maximum Gasteiger partial charge on any atom is 0.123 e. The molecule has 0 aliphatic carbocycles. The molecule has 12 heavy (non-hydrogen) atoms. The molecule has 64 valence electrons. The van der Waals surface area contributed by atoms with Gasteiger partial charge < -0.3 is 4.57 Å². The van der Waals surface area contributed by atoms with Crippen molar-refractivity contribution in [2.45, 2.75) is 20.4 Å². The number of hydrogen-bond donors (Lipinski definition) is 0. The zero-order valence-corrected chi connectivity index (χ0v) is 7.26. The lowest BCUT2D eigenvalue weighted by Crippen LogP contribution is -2.04. The third kappa shape index (κ3) is 1.33. The van der Waals surface area contributed by atoms with Crippen molar-refractivity contribution < 1.29 is 4.39 Å². The summed E-state index contributed by atoms with van der Waals surface area (Å²) >= 11 is 0. The average Bonchev–Trinajstić information content (AvgIpc) is 2.28. The summed E-state index contributed by atoms with van der Waals surface area (Å²) < 4.78 is 13.8. The van der Waals surface area contributed by atoms with Crippen LogP contribution in [0.2, 0.25) is 0 Å². The van der Waals surface area contributed by atoms with Crippen molar-refractivity contribution in [2.24, 2.45) is 0 Å². The molecule has 1 aromatic heterocycles. The lowest BCUT2D eigenvalue weighted by atomic mass is 10.3. The number of aromatic nitrogens is 1. The van der Waals surface area contributed by atoms with Crippen LogP contribution in [0.25, 0.3) is 0 Å². The molecular weight excluding hydrogens is 155 g/mol. The van der Waals surface area contributed by atoms with Crippen molar-refractivity contribution in [1.82, 2.24) is 4.57 Å². The Morgan fingerprint density at radius 3 is 2.75 bits per heavy atom. The van der Waals surface area contributed by atoms with Gasteiger partial charge in [-0.3, -0.25) is 0 Å². The van der Waals surface area contributed by atoms with Crippen LogP contribution in [0.5, 0.6) is 0 Å². The van der Waals surface area contributed by atoms with Gasteiger partial charge in [0.2, 0.25) is 0 Å². The van der Waals surface area contributed by atoms with Crippen molar-refractivity contribution in [1.29, 1.82) is 5.26 Å². The van der Waals surface area contributed by atoms with Crippen LogP contribution in [-0.2, 0) is 6.54 Å². The van der Waals surface area contributed by atoms with Gasteiger partial charge in [0, 0.05) is 5.69 Å². The zero-order valence-electron chi connectivity index (χ0n) is 7.26. The van der Waals surface area contributed by atoms with Crippen LogP contribution < -0.4 is 0 Å². The Hall–Kier alpha value is -1.30. The standard InChI is InChI=1S/C9H11FN2/c1-7-5-8(2)12(4-3-10)9(7)6-11/h5H,3-4H2,1-2H3. The van der Waals surface area contributed by atoms with E-state index in [1.54, 1.807) is 4.57 Å². The summed E-state index contributed by atoms with van der Waals surface area (Å²) in [6.07, 6.45) is 0. The summed E-state index contributed by atoms with van der Waals surface area (Å²) in [5.41, 5.74) is 2.44. The Morgan fingerprint density at radius 1 is 1.58 bits per heavy atom. The fourth-order valence-electron chi connectivity index (χ4n) is 1.37. The molecule has 0 radical (unpaired) electrons. The van der Waals surface area contributed by atoms with Crippen LogP contribution in [0.3, 0.4) is 0 Å². The topological polar surface area (TPSA) is 28.7 Å². The molecule has 0 aromatic carbocycles. The molecule has 0 N–H and O–H groups in total. The number of nitrogens with zero attached hydrogens (tertiary/aromatic N) is 2. The van der Waals surface area contributed by atoms with Crippen molar-refractivity contribution in [3.05, 3.63) is 23.0 Å². The second-order valence-electron chi connectivity index (χ2n) is 2.77. The van der Waals surface area contributed by atoms with Crippen molar-refractivity contribution in [3.63, 3.8) is 0 Å². The number of halogens is 1. The highest BCUT2D eigenvalue weighted by atomic mass is 19.1.